The van der Waals surface area contributed by atoms with Gasteiger partial charge in [-0.2, -0.15) is 0 Å². The Morgan fingerprint density at radius 2 is 1.74 bits per heavy atom. The van der Waals surface area contributed by atoms with Crippen LogP contribution >= 0.6 is 11.8 Å². The molecule has 0 N–H and O–H groups in total. The minimum absolute atomic E-state index is 0.125. The fourth-order valence-corrected chi connectivity index (χ4v) is 5.43. The van der Waals surface area contributed by atoms with Crippen molar-refractivity contribution in [2.75, 3.05) is 21.3 Å². The van der Waals surface area contributed by atoms with Gasteiger partial charge in [0.05, 0.1) is 25.2 Å². The molecule has 1 aliphatic carbocycles. The van der Waals surface area contributed by atoms with Gasteiger partial charge in [-0.1, -0.05) is 61.4 Å². The summed E-state index contributed by atoms with van der Waals surface area (Å²) in [6.07, 6.45) is 5.81. The highest BCUT2D eigenvalue weighted by molar-refractivity contribution is 8.00. The largest absolute Gasteiger partial charge is 0.493 e. The van der Waals surface area contributed by atoms with E-state index in [0.717, 1.165) is 24.1 Å². The van der Waals surface area contributed by atoms with Crippen LogP contribution < -0.4 is 9.47 Å². The molecule has 0 spiro atoms. The zero-order chi connectivity index (χ0) is 24.1. The number of benzene rings is 2. The lowest BCUT2D eigenvalue weighted by molar-refractivity contribution is -0.131. The van der Waals surface area contributed by atoms with Crippen LogP contribution in [0.2, 0.25) is 0 Å². The van der Waals surface area contributed by atoms with Crippen molar-refractivity contribution in [1.29, 1.82) is 0 Å². The summed E-state index contributed by atoms with van der Waals surface area (Å²) in [6, 6.07) is 16.0. The number of thioether (sulfide) groups is 1. The van der Waals surface area contributed by atoms with Gasteiger partial charge in [0.15, 0.2) is 22.5 Å². The summed E-state index contributed by atoms with van der Waals surface area (Å²) in [5.74, 6) is 2.09. The lowest BCUT2D eigenvalue weighted by Crippen LogP contribution is -2.42. The number of aromatic nitrogens is 3. The van der Waals surface area contributed by atoms with Crippen molar-refractivity contribution in [3.63, 3.8) is 0 Å². The molecule has 8 heteroatoms. The van der Waals surface area contributed by atoms with Crippen LogP contribution in [0.5, 0.6) is 11.5 Å². The highest BCUT2D eigenvalue weighted by atomic mass is 32.2. The Bertz CT molecular complexity index is 1110. The molecule has 0 radical (unpaired) electrons. The second kappa shape index (κ2) is 11.0. The first-order valence-electron chi connectivity index (χ1n) is 11.7. The number of rotatable bonds is 8. The van der Waals surface area contributed by atoms with E-state index in [0.29, 0.717) is 28.5 Å². The van der Waals surface area contributed by atoms with Gasteiger partial charge < -0.3 is 14.4 Å². The first kappa shape index (κ1) is 24.1. The third-order valence-electron chi connectivity index (χ3n) is 6.39. The average molecular weight is 481 g/mol. The highest BCUT2D eigenvalue weighted by Gasteiger charge is 2.28. The minimum atomic E-state index is -0.293. The van der Waals surface area contributed by atoms with Gasteiger partial charge in [0.2, 0.25) is 5.91 Å². The Balaban J connectivity index is 1.68. The van der Waals surface area contributed by atoms with E-state index in [9.17, 15) is 4.79 Å². The quantitative estimate of drug-likeness (QED) is 0.412. The van der Waals surface area contributed by atoms with E-state index in [1.54, 1.807) is 14.2 Å². The number of carbonyl (C=O) groups is 1. The Morgan fingerprint density at radius 3 is 2.41 bits per heavy atom. The number of methoxy groups -OCH3 is 2. The van der Waals surface area contributed by atoms with Crippen molar-refractivity contribution in [2.45, 2.75) is 55.5 Å². The van der Waals surface area contributed by atoms with Crippen LogP contribution in [0.1, 0.15) is 39.0 Å². The fourth-order valence-electron chi connectivity index (χ4n) is 4.46. The van der Waals surface area contributed by atoms with Gasteiger partial charge in [0, 0.05) is 24.7 Å². The van der Waals surface area contributed by atoms with Crippen LogP contribution in [-0.2, 0) is 4.79 Å². The van der Waals surface area contributed by atoms with E-state index in [4.69, 9.17) is 9.47 Å². The van der Waals surface area contributed by atoms with Crippen molar-refractivity contribution in [1.82, 2.24) is 19.7 Å². The van der Waals surface area contributed by atoms with E-state index in [-0.39, 0.29) is 11.2 Å². The van der Waals surface area contributed by atoms with Gasteiger partial charge in [0.25, 0.3) is 0 Å². The summed E-state index contributed by atoms with van der Waals surface area (Å²) < 4.78 is 12.9. The molecule has 0 bridgehead atoms. The molecule has 1 aromatic heterocycles. The molecule has 0 unspecified atom stereocenters. The molecule has 4 rings (SSSR count). The van der Waals surface area contributed by atoms with Crippen molar-refractivity contribution < 1.29 is 14.3 Å². The van der Waals surface area contributed by atoms with Gasteiger partial charge in [-0.25, -0.2) is 0 Å². The van der Waals surface area contributed by atoms with E-state index in [1.807, 2.05) is 72.0 Å². The van der Waals surface area contributed by atoms with E-state index in [1.165, 1.54) is 31.0 Å². The van der Waals surface area contributed by atoms with Crippen molar-refractivity contribution in [3.8, 4) is 28.6 Å². The zero-order valence-corrected chi connectivity index (χ0v) is 21.0. The number of ether oxygens (including phenoxy) is 2. The predicted octanol–water partition coefficient (Wildman–Crippen LogP) is 5.22. The van der Waals surface area contributed by atoms with Crippen LogP contribution in [-0.4, -0.2) is 58.1 Å². The average Bonchev–Trinajstić information content (AvgIpc) is 3.31. The topological polar surface area (TPSA) is 69.5 Å². The number of hydrogen-bond acceptors (Lipinski definition) is 6. The molecule has 1 fully saturated rings. The SMILES string of the molecule is COc1ccc(-n2c(S[C@H](C)C(=O)N(C)C3CCCCC3)nnc2-c2ccccc2)cc1OC. The lowest BCUT2D eigenvalue weighted by atomic mass is 9.94. The molecule has 0 saturated heterocycles. The summed E-state index contributed by atoms with van der Waals surface area (Å²) in [5, 5.41) is 9.36. The van der Waals surface area contributed by atoms with Crippen LogP contribution in [0.25, 0.3) is 17.1 Å². The third-order valence-corrected chi connectivity index (χ3v) is 7.42. The van der Waals surface area contributed by atoms with Crippen molar-refractivity contribution in [2.24, 2.45) is 0 Å². The maximum Gasteiger partial charge on any atom is 0.235 e. The monoisotopic (exact) mass is 480 g/mol. The van der Waals surface area contributed by atoms with E-state index in [2.05, 4.69) is 10.2 Å². The summed E-state index contributed by atoms with van der Waals surface area (Å²) in [4.78, 5) is 15.2. The molecule has 0 aliphatic heterocycles. The maximum absolute atomic E-state index is 13.3. The molecule has 1 saturated carbocycles. The predicted molar refractivity (Wildman–Crippen MR) is 135 cm³/mol. The smallest absolute Gasteiger partial charge is 0.235 e. The first-order chi connectivity index (χ1) is 16.5. The van der Waals surface area contributed by atoms with Crippen molar-refractivity contribution >= 4 is 17.7 Å². The molecule has 1 heterocycles. The fraction of sp³-hybridized carbons (Fsp3) is 0.423. The number of carbonyl (C=O) groups excluding carboxylic acids is 1. The molecular formula is C26H32N4O3S. The van der Waals surface area contributed by atoms with Gasteiger partial charge in [-0.15, -0.1) is 10.2 Å². The molecule has 1 atom stereocenters. The van der Waals surface area contributed by atoms with Crippen molar-refractivity contribution in [3.05, 3.63) is 48.5 Å². The minimum Gasteiger partial charge on any atom is -0.493 e. The van der Waals surface area contributed by atoms with Crippen LogP contribution in [0.4, 0.5) is 0 Å². The zero-order valence-electron chi connectivity index (χ0n) is 20.2. The van der Waals surface area contributed by atoms with Gasteiger partial charge in [0.1, 0.15) is 0 Å². The summed E-state index contributed by atoms with van der Waals surface area (Å²) in [6.45, 7) is 1.95. The normalized spacial score (nSPS) is 15.1. The Morgan fingerprint density at radius 1 is 1.03 bits per heavy atom. The summed E-state index contributed by atoms with van der Waals surface area (Å²) in [7, 11) is 5.16. The van der Waals surface area contributed by atoms with Gasteiger partial charge in [-0.05, 0) is 31.9 Å². The van der Waals surface area contributed by atoms with E-state index >= 15 is 0 Å². The standard InChI is InChI=1S/C26H32N4O3S/c1-18(25(31)29(2)20-13-9-6-10-14-20)34-26-28-27-24(19-11-7-5-8-12-19)30(26)21-15-16-22(32-3)23(17-21)33-4/h5,7-8,11-12,15-18,20H,6,9-10,13-14H2,1-4H3/t18-/m1/s1. The number of amides is 1. The molecule has 3 aromatic rings. The first-order valence-corrected chi connectivity index (χ1v) is 12.6. The molecule has 7 nitrogen and oxygen atoms in total. The molecule has 2 aromatic carbocycles. The second-order valence-electron chi connectivity index (χ2n) is 8.55. The summed E-state index contributed by atoms with van der Waals surface area (Å²) >= 11 is 1.43. The Hall–Kier alpha value is -3.00. The molecular weight excluding hydrogens is 448 g/mol. The molecule has 34 heavy (non-hydrogen) atoms. The van der Waals surface area contributed by atoms with Gasteiger partial charge >= 0.3 is 0 Å². The highest BCUT2D eigenvalue weighted by Crippen LogP contribution is 2.35. The third kappa shape index (κ3) is 5.06. The Kier molecular flexibility index (Phi) is 7.77. The second-order valence-corrected chi connectivity index (χ2v) is 9.86. The summed E-state index contributed by atoms with van der Waals surface area (Å²) in [5.41, 5.74) is 1.78. The Labute approximate surface area is 205 Å². The number of hydrogen-bond donors (Lipinski definition) is 0. The molecule has 1 amide bonds. The van der Waals surface area contributed by atoms with Crippen LogP contribution in [0.15, 0.2) is 53.7 Å². The molecule has 180 valence electrons. The van der Waals surface area contributed by atoms with E-state index < -0.39 is 0 Å². The lowest BCUT2D eigenvalue weighted by Gasteiger charge is -2.32. The number of nitrogens with zero attached hydrogens (tertiary/aromatic N) is 4. The van der Waals surface area contributed by atoms with Crippen LogP contribution in [0.3, 0.4) is 0 Å². The molecule has 1 aliphatic rings. The maximum atomic E-state index is 13.3. The van der Waals surface area contributed by atoms with Crippen LogP contribution in [0, 0.1) is 0 Å². The van der Waals surface area contributed by atoms with Gasteiger partial charge in [-0.3, -0.25) is 9.36 Å².